The van der Waals surface area contributed by atoms with E-state index in [9.17, 15) is 18.0 Å². The van der Waals surface area contributed by atoms with E-state index in [2.05, 4.69) is 15.9 Å². The molecule has 0 radical (unpaired) electrons. The van der Waals surface area contributed by atoms with Crippen LogP contribution in [0, 0.1) is 0 Å². The second kappa shape index (κ2) is 4.73. The molecule has 1 aromatic carbocycles. The zero-order valence-corrected chi connectivity index (χ0v) is 9.43. The number of carbonyl (C=O) groups excluding carboxylic acids is 1. The third-order valence-electron chi connectivity index (χ3n) is 1.63. The monoisotopic (exact) mass is 297 g/mol. The maximum absolute atomic E-state index is 12.3. The Labute approximate surface area is 97.5 Å². The van der Waals surface area contributed by atoms with E-state index in [0.29, 0.717) is 4.47 Å². The van der Waals surface area contributed by atoms with Gasteiger partial charge >= 0.3 is 6.18 Å². The maximum atomic E-state index is 12.3. The molecule has 0 unspecified atom stereocenters. The normalized spacial score (nSPS) is 11.2. The Hall–Kier alpha value is -1.24. The Morgan fingerprint density at radius 3 is 2.56 bits per heavy atom. The van der Waals surface area contributed by atoms with E-state index in [0.717, 1.165) is 12.1 Å². The molecule has 88 valence electrons. The van der Waals surface area contributed by atoms with Gasteiger partial charge in [0.1, 0.15) is 5.75 Å². The van der Waals surface area contributed by atoms with Gasteiger partial charge in [-0.15, -0.1) is 0 Å². The van der Waals surface area contributed by atoms with Crippen molar-refractivity contribution >= 4 is 21.8 Å². The van der Waals surface area contributed by atoms with Crippen LogP contribution in [0.25, 0.3) is 0 Å². The van der Waals surface area contributed by atoms with Crippen molar-refractivity contribution in [1.29, 1.82) is 0 Å². The molecule has 16 heavy (non-hydrogen) atoms. The van der Waals surface area contributed by atoms with E-state index in [4.69, 9.17) is 10.5 Å². The highest BCUT2D eigenvalue weighted by atomic mass is 79.9. The fraction of sp³-hybridized carbons (Fsp3) is 0.222. The third kappa shape index (κ3) is 3.41. The molecular weight excluding hydrogens is 291 g/mol. The summed E-state index contributed by atoms with van der Waals surface area (Å²) in [6, 6.07) is 2.90. The van der Waals surface area contributed by atoms with Crippen LogP contribution in [0.5, 0.6) is 5.75 Å². The summed E-state index contributed by atoms with van der Waals surface area (Å²) in [7, 11) is 0. The molecular formula is C9H7BrF3NO2. The molecule has 7 heteroatoms. The molecule has 0 aromatic heterocycles. The van der Waals surface area contributed by atoms with E-state index in [1.165, 1.54) is 6.07 Å². The number of carbonyl (C=O) groups is 1. The van der Waals surface area contributed by atoms with Gasteiger partial charge in [0, 0.05) is 0 Å². The highest BCUT2D eigenvalue weighted by Gasteiger charge is 2.31. The number of amides is 1. The van der Waals surface area contributed by atoms with Crippen LogP contribution in [-0.2, 0) is 11.0 Å². The first-order valence-corrected chi connectivity index (χ1v) is 4.88. The van der Waals surface area contributed by atoms with Gasteiger partial charge in [-0.05, 0) is 34.1 Å². The minimum absolute atomic E-state index is 0.0753. The average Bonchev–Trinajstić information content (AvgIpc) is 2.14. The van der Waals surface area contributed by atoms with E-state index < -0.39 is 24.3 Å². The summed E-state index contributed by atoms with van der Waals surface area (Å²) in [6.45, 7) is -0.472. The van der Waals surface area contributed by atoms with Crippen LogP contribution in [0.2, 0.25) is 0 Å². The number of primary amides is 1. The van der Waals surface area contributed by atoms with Gasteiger partial charge in [0.15, 0.2) is 6.61 Å². The lowest BCUT2D eigenvalue weighted by atomic mass is 10.2. The SMILES string of the molecule is NC(=O)COc1cc(C(F)(F)F)ccc1Br. The van der Waals surface area contributed by atoms with Crippen molar-refractivity contribution in [3.05, 3.63) is 28.2 Å². The second-order valence-electron chi connectivity index (χ2n) is 2.90. The van der Waals surface area contributed by atoms with Crippen LogP contribution in [0.1, 0.15) is 5.56 Å². The lowest BCUT2D eigenvalue weighted by Crippen LogP contribution is -2.20. The molecule has 1 aromatic rings. The number of halogens is 4. The van der Waals surface area contributed by atoms with Crippen molar-refractivity contribution in [2.75, 3.05) is 6.61 Å². The molecule has 0 aliphatic heterocycles. The van der Waals surface area contributed by atoms with Crippen molar-refractivity contribution in [2.24, 2.45) is 5.73 Å². The third-order valence-corrected chi connectivity index (χ3v) is 2.28. The van der Waals surface area contributed by atoms with E-state index in [1.54, 1.807) is 0 Å². The number of rotatable bonds is 3. The zero-order chi connectivity index (χ0) is 12.3. The fourth-order valence-electron chi connectivity index (χ4n) is 0.939. The molecule has 0 bridgehead atoms. The van der Waals surface area contributed by atoms with Crippen LogP contribution in [0.15, 0.2) is 22.7 Å². The van der Waals surface area contributed by atoms with E-state index in [1.807, 2.05) is 0 Å². The van der Waals surface area contributed by atoms with Crippen molar-refractivity contribution in [2.45, 2.75) is 6.18 Å². The summed E-state index contributed by atoms with van der Waals surface area (Å²) in [5.41, 5.74) is 3.96. The number of hydrogen-bond donors (Lipinski definition) is 1. The summed E-state index contributed by atoms with van der Waals surface area (Å²) in [4.78, 5) is 10.4. The molecule has 0 fully saturated rings. The van der Waals surface area contributed by atoms with Crippen molar-refractivity contribution in [3.63, 3.8) is 0 Å². The summed E-state index contributed by atoms with van der Waals surface area (Å²) in [5.74, 6) is -0.835. The highest BCUT2D eigenvalue weighted by Crippen LogP contribution is 2.34. The second-order valence-corrected chi connectivity index (χ2v) is 3.75. The molecule has 1 amide bonds. The molecule has 0 spiro atoms. The minimum atomic E-state index is -4.45. The van der Waals surface area contributed by atoms with Gasteiger partial charge in [-0.2, -0.15) is 13.2 Å². The molecule has 0 saturated heterocycles. The lowest BCUT2D eigenvalue weighted by molar-refractivity contribution is -0.137. The van der Waals surface area contributed by atoms with Crippen LogP contribution in [-0.4, -0.2) is 12.5 Å². The van der Waals surface area contributed by atoms with Crippen molar-refractivity contribution < 1.29 is 22.7 Å². The van der Waals surface area contributed by atoms with Crippen molar-refractivity contribution in [3.8, 4) is 5.75 Å². The predicted molar refractivity (Wildman–Crippen MR) is 53.8 cm³/mol. The van der Waals surface area contributed by atoms with Crippen molar-refractivity contribution in [1.82, 2.24) is 0 Å². The number of alkyl halides is 3. The molecule has 1 rings (SSSR count). The number of hydrogen-bond acceptors (Lipinski definition) is 2. The quantitative estimate of drug-likeness (QED) is 0.931. The number of ether oxygens (including phenoxy) is 1. The van der Waals surface area contributed by atoms with Gasteiger partial charge in [0.25, 0.3) is 5.91 Å². The first kappa shape index (κ1) is 12.8. The molecule has 2 N–H and O–H groups in total. The highest BCUT2D eigenvalue weighted by molar-refractivity contribution is 9.10. The van der Waals surface area contributed by atoms with Crippen LogP contribution in [0.4, 0.5) is 13.2 Å². The first-order valence-electron chi connectivity index (χ1n) is 4.08. The number of nitrogens with two attached hydrogens (primary N) is 1. The zero-order valence-electron chi connectivity index (χ0n) is 7.84. The Balaban J connectivity index is 2.95. The Bertz CT molecular complexity index is 406. The van der Waals surface area contributed by atoms with Gasteiger partial charge < -0.3 is 10.5 Å². The van der Waals surface area contributed by atoms with Gasteiger partial charge in [-0.1, -0.05) is 0 Å². The molecule has 0 aliphatic carbocycles. The molecule has 0 atom stereocenters. The first-order chi connectivity index (χ1) is 7.30. The Kier molecular flexibility index (Phi) is 3.79. The van der Waals surface area contributed by atoms with E-state index in [-0.39, 0.29) is 5.75 Å². The van der Waals surface area contributed by atoms with Gasteiger partial charge in [-0.3, -0.25) is 4.79 Å². The minimum Gasteiger partial charge on any atom is -0.483 e. The van der Waals surface area contributed by atoms with Crippen LogP contribution in [0.3, 0.4) is 0 Å². The molecule has 3 nitrogen and oxygen atoms in total. The summed E-state index contributed by atoms with van der Waals surface area (Å²) in [5, 5.41) is 0. The smallest absolute Gasteiger partial charge is 0.416 e. The van der Waals surface area contributed by atoms with E-state index >= 15 is 0 Å². The summed E-state index contributed by atoms with van der Waals surface area (Å²) in [6.07, 6.45) is -4.45. The molecule has 0 saturated carbocycles. The average molecular weight is 298 g/mol. The molecule has 0 aliphatic rings. The Morgan fingerprint density at radius 1 is 1.44 bits per heavy atom. The van der Waals surface area contributed by atoms with Gasteiger partial charge in [-0.25, -0.2) is 0 Å². The summed E-state index contributed by atoms with van der Waals surface area (Å²) >= 11 is 3.00. The summed E-state index contributed by atoms with van der Waals surface area (Å²) < 4.78 is 42.1. The van der Waals surface area contributed by atoms with Crippen LogP contribution >= 0.6 is 15.9 Å². The van der Waals surface area contributed by atoms with Crippen LogP contribution < -0.4 is 10.5 Å². The standard InChI is InChI=1S/C9H7BrF3NO2/c10-6-2-1-5(9(11,12)13)3-7(6)16-4-8(14)15/h1-3H,4H2,(H2,14,15). The largest absolute Gasteiger partial charge is 0.483 e. The topological polar surface area (TPSA) is 52.3 Å². The van der Waals surface area contributed by atoms with Gasteiger partial charge in [0.05, 0.1) is 10.0 Å². The number of benzene rings is 1. The molecule has 0 heterocycles. The van der Waals surface area contributed by atoms with Gasteiger partial charge in [0.2, 0.25) is 0 Å². The lowest BCUT2D eigenvalue weighted by Gasteiger charge is -2.10. The maximum Gasteiger partial charge on any atom is 0.416 e. The fourth-order valence-corrected chi connectivity index (χ4v) is 1.30. The Morgan fingerprint density at radius 2 is 2.06 bits per heavy atom. The predicted octanol–water partition coefficient (Wildman–Crippen LogP) is 2.33.